The maximum Gasteiger partial charge on any atom is 0.239 e. The zero-order chi connectivity index (χ0) is 15.0. The monoisotopic (exact) mass is 285 g/mol. The summed E-state index contributed by atoms with van der Waals surface area (Å²) in [6, 6.07) is 0.258. The van der Waals surface area contributed by atoms with Crippen LogP contribution in [0.4, 0.5) is 0 Å². The van der Waals surface area contributed by atoms with Crippen molar-refractivity contribution in [2.75, 3.05) is 39.9 Å². The summed E-state index contributed by atoms with van der Waals surface area (Å²) < 4.78 is 5.00. The molecular formula is C15H31N3O2. The summed E-state index contributed by atoms with van der Waals surface area (Å²) in [4.78, 5) is 16.7. The molecule has 20 heavy (non-hydrogen) atoms. The van der Waals surface area contributed by atoms with Crippen molar-refractivity contribution in [3.8, 4) is 0 Å². The molecule has 1 fully saturated rings. The lowest BCUT2D eigenvalue weighted by Crippen LogP contribution is -2.51. The molecule has 1 aliphatic rings. The summed E-state index contributed by atoms with van der Waals surface area (Å²) in [6.07, 6.45) is 3.69. The Bertz CT molecular complexity index is 274. The first-order valence-electron chi connectivity index (χ1n) is 7.91. The lowest BCUT2D eigenvalue weighted by atomic mass is 10.0. The Kier molecular flexibility index (Phi) is 8.11. The highest BCUT2D eigenvalue weighted by Crippen LogP contribution is 2.17. The highest BCUT2D eigenvalue weighted by Gasteiger charge is 2.27. The number of nitrogens with zero attached hydrogens (tertiary/aromatic N) is 2. The van der Waals surface area contributed by atoms with Crippen LogP contribution in [0.25, 0.3) is 0 Å². The Balaban J connectivity index is 2.34. The van der Waals surface area contributed by atoms with Crippen LogP contribution in [-0.4, -0.2) is 67.7 Å². The number of methoxy groups -OCH3 is 1. The van der Waals surface area contributed by atoms with E-state index in [1.807, 2.05) is 4.90 Å². The summed E-state index contributed by atoms with van der Waals surface area (Å²) in [6.45, 7) is 8.94. The fraction of sp³-hybridized carbons (Fsp3) is 0.933. The maximum absolute atomic E-state index is 12.3. The second-order valence-corrected chi connectivity index (χ2v) is 5.52. The molecule has 1 saturated heterocycles. The van der Waals surface area contributed by atoms with Gasteiger partial charge in [0.05, 0.1) is 6.04 Å². The van der Waals surface area contributed by atoms with E-state index in [0.717, 1.165) is 45.4 Å². The summed E-state index contributed by atoms with van der Waals surface area (Å²) in [5.41, 5.74) is 5.98. The predicted octanol–water partition coefficient (Wildman–Crippen LogP) is 1.07. The molecule has 1 rings (SSSR count). The number of carbonyl (C=O) groups excluding carboxylic acids is 1. The lowest BCUT2D eigenvalue weighted by molar-refractivity contribution is -0.134. The number of likely N-dealkylation sites (tertiary alicyclic amines) is 1. The van der Waals surface area contributed by atoms with Gasteiger partial charge in [-0.15, -0.1) is 0 Å². The van der Waals surface area contributed by atoms with Crippen LogP contribution in [-0.2, 0) is 9.53 Å². The summed E-state index contributed by atoms with van der Waals surface area (Å²) in [7, 11) is 1.67. The third-order valence-electron chi connectivity index (χ3n) is 4.29. The van der Waals surface area contributed by atoms with Crippen LogP contribution in [0.15, 0.2) is 0 Å². The van der Waals surface area contributed by atoms with Gasteiger partial charge in [-0.05, 0) is 38.8 Å². The fourth-order valence-electron chi connectivity index (χ4n) is 3.00. The summed E-state index contributed by atoms with van der Waals surface area (Å²) >= 11 is 0. The van der Waals surface area contributed by atoms with Gasteiger partial charge in [0.1, 0.15) is 0 Å². The molecule has 1 heterocycles. The van der Waals surface area contributed by atoms with Crippen molar-refractivity contribution in [2.24, 2.45) is 5.73 Å². The van der Waals surface area contributed by atoms with Crippen LogP contribution in [0.3, 0.4) is 0 Å². The van der Waals surface area contributed by atoms with Gasteiger partial charge in [0.2, 0.25) is 5.91 Å². The van der Waals surface area contributed by atoms with E-state index >= 15 is 0 Å². The average molecular weight is 285 g/mol. The second kappa shape index (κ2) is 9.32. The van der Waals surface area contributed by atoms with Gasteiger partial charge in [0.25, 0.3) is 0 Å². The first-order chi connectivity index (χ1) is 9.63. The van der Waals surface area contributed by atoms with Crippen molar-refractivity contribution in [1.82, 2.24) is 9.80 Å². The number of amides is 1. The molecule has 5 heteroatoms. The zero-order valence-electron chi connectivity index (χ0n) is 13.3. The van der Waals surface area contributed by atoms with Gasteiger partial charge in [-0.25, -0.2) is 0 Å². The number of piperidine rings is 1. The Labute approximate surface area is 123 Å². The molecule has 0 aromatic heterocycles. The molecule has 0 radical (unpaired) electrons. The molecule has 118 valence electrons. The van der Waals surface area contributed by atoms with Gasteiger partial charge in [-0.1, -0.05) is 13.8 Å². The van der Waals surface area contributed by atoms with Gasteiger partial charge < -0.3 is 20.3 Å². The zero-order valence-corrected chi connectivity index (χ0v) is 13.3. The number of carbonyl (C=O) groups is 1. The van der Waals surface area contributed by atoms with Crippen molar-refractivity contribution in [3.63, 3.8) is 0 Å². The van der Waals surface area contributed by atoms with Crippen molar-refractivity contribution in [1.29, 1.82) is 0 Å². The van der Waals surface area contributed by atoms with Crippen LogP contribution in [0, 0.1) is 0 Å². The molecule has 1 unspecified atom stereocenters. The quantitative estimate of drug-likeness (QED) is 0.678. The predicted molar refractivity (Wildman–Crippen MR) is 81.6 cm³/mol. The molecule has 5 nitrogen and oxygen atoms in total. The van der Waals surface area contributed by atoms with Crippen LogP contribution < -0.4 is 5.73 Å². The molecule has 1 amide bonds. The highest BCUT2D eigenvalue weighted by molar-refractivity contribution is 5.81. The number of hydrogen-bond acceptors (Lipinski definition) is 4. The van der Waals surface area contributed by atoms with Crippen molar-refractivity contribution < 1.29 is 9.53 Å². The first kappa shape index (κ1) is 17.4. The van der Waals surface area contributed by atoms with Crippen molar-refractivity contribution in [3.05, 3.63) is 0 Å². The molecule has 0 bridgehead atoms. The van der Waals surface area contributed by atoms with Crippen LogP contribution in [0.1, 0.15) is 39.5 Å². The smallest absolute Gasteiger partial charge is 0.239 e. The topological polar surface area (TPSA) is 58.8 Å². The van der Waals surface area contributed by atoms with Gasteiger partial charge in [-0.2, -0.15) is 0 Å². The largest absolute Gasteiger partial charge is 0.385 e. The highest BCUT2D eigenvalue weighted by atomic mass is 16.5. The molecule has 2 N–H and O–H groups in total. The Morgan fingerprint density at radius 3 is 2.45 bits per heavy atom. The molecule has 1 atom stereocenters. The van der Waals surface area contributed by atoms with E-state index in [4.69, 9.17) is 10.5 Å². The third kappa shape index (κ3) is 5.04. The molecule has 0 spiro atoms. The van der Waals surface area contributed by atoms with E-state index in [0.29, 0.717) is 19.1 Å². The lowest BCUT2D eigenvalue weighted by Gasteiger charge is -2.38. The fourth-order valence-corrected chi connectivity index (χ4v) is 3.00. The minimum absolute atomic E-state index is 0.110. The first-order valence-corrected chi connectivity index (χ1v) is 7.91. The van der Waals surface area contributed by atoms with E-state index in [2.05, 4.69) is 18.7 Å². The molecular weight excluding hydrogens is 254 g/mol. The summed E-state index contributed by atoms with van der Waals surface area (Å²) in [5.74, 6) is 0.110. The molecule has 0 aliphatic carbocycles. The maximum atomic E-state index is 12.3. The van der Waals surface area contributed by atoms with Crippen LogP contribution in [0.2, 0.25) is 0 Å². The molecule has 0 aromatic carbocycles. The van der Waals surface area contributed by atoms with E-state index in [-0.39, 0.29) is 11.9 Å². The van der Waals surface area contributed by atoms with E-state index < -0.39 is 0 Å². The SMILES string of the molecule is CCN(CC)C1CCN(C(=O)C(N)CCCOC)CC1. The molecule has 0 saturated carbocycles. The van der Waals surface area contributed by atoms with Gasteiger partial charge >= 0.3 is 0 Å². The Morgan fingerprint density at radius 2 is 1.95 bits per heavy atom. The van der Waals surface area contributed by atoms with Crippen LogP contribution in [0.5, 0.6) is 0 Å². The number of hydrogen-bond donors (Lipinski definition) is 1. The Hall–Kier alpha value is -0.650. The van der Waals surface area contributed by atoms with E-state index in [9.17, 15) is 4.79 Å². The second-order valence-electron chi connectivity index (χ2n) is 5.52. The number of nitrogens with two attached hydrogens (primary N) is 1. The standard InChI is InChI=1S/C15H31N3O2/c1-4-17(5-2)13-8-10-18(11-9-13)15(19)14(16)7-6-12-20-3/h13-14H,4-12,16H2,1-3H3. The van der Waals surface area contributed by atoms with Gasteiger partial charge in [0.15, 0.2) is 0 Å². The van der Waals surface area contributed by atoms with Gasteiger partial charge in [0, 0.05) is 32.8 Å². The van der Waals surface area contributed by atoms with E-state index in [1.54, 1.807) is 7.11 Å². The third-order valence-corrected chi connectivity index (χ3v) is 4.29. The number of ether oxygens (including phenoxy) is 1. The average Bonchev–Trinajstić information content (AvgIpc) is 2.48. The normalized spacial score (nSPS) is 18.6. The minimum atomic E-state index is -0.366. The molecule has 1 aliphatic heterocycles. The van der Waals surface area contributed by atoms with Crippen LogP contribution >= 0.6 is 0 Å². The summed E-state index contributed by atoms with van der Waals surface area (Å²) in [5, 5.41) is 0. The number of rotatable bonds is 8. The molecule has 0 aromatic rings. The van der Waals surface area contributed by atoms with Crippen molar-refractivity contribution in [2.45, 2.75) is 51.6 Å². The van der Waals surface area contributed by atoms with Gasteiger partial charge in [-0.3, -0.25) is 4.79 Å². The minimum Gasteiger partial charge on any atom is -0.385 e. The Morgan fingerprint density at radius 1 is 1.35 bits per heavy atom. The van der Waals surface area contributed by atoms with Crippen molar-refractivity contribution >= 4 is 5.91 Å². The van der Waals surface area contributed by atoms with E-state index in [1.165, 1.54) is 0 Å².